The van der Waals surface area contributed by atoms with E-state index in [4.69, 9.17) is 0 Å². The van der Waals surface area contributed by atoms with E-state index in [1.54, 1.807) is 0 Å². The van der Waals surface area contributed by atoms with Crippen LogP contribution in [-0.4, -0.2) is 6.29 Å². The monoisotopic (exact) mass is 173 g/mol. The molecule has 0 bridgehead atoms. The summed E-state index contributed by atoms with van der Waals surface area (Å²) in [5.74, 6) is 0. The predicted molar refractivity (Wildman–Crippen MR) is 55.0 cm³/mol. The molecule has 0 amide bonds. The molecule has 0 unspecified atom stereocenters. The highest BCUT2D eigenvalue weighted by Gasteiger charge is 1.84. The maximum Gasteiger partial charge on any atom is 0.198 e. The molecule has 0 fully saturated rings. The lowest BCUT2D eigenvalue weighted by molar-refractivity contribution is 0.549. The average Bonchev–Trinajstić information content (AvgIpc) is 2.19. The SMILES string of the molecule is O=[C]CCC/C=C/c1ccccc1. The topological polar surface area (TPSA) is 17.1 Å². The van der Waals surface area contributed by atoms with Crippen molar-refractivity contribution in [3.63, 3.8) is 0 Å². The van der Waals surface area contributed by atoms with Crippen molar-refractivity contribution in [3.8, 4) is 0 Å². The highest BCUT2D eigenvalue weighted by atomic mass is 16.1. The van der Waals surface area contributed by atoms with Crippen LogP contribution in [0.15, 0.2) is 36.4 Å². The molecular weight excluding hydrogens is 160 g/mol. The Labute approximate surface area is 79.1 Å². The van der Waals surface area contributed by atoms with Gasteiger partial charge < -0.3 is 0 Å². The van der Waals surface area contributed by atoms with E-state index < -0.39 is 0 Å². The fourth-order valence-electron chi connectivity index (χ4n) is 1.08. The molecule has 1 nitrogen and oxygen atoms in total. The number of hydrogen-bond acceptors (Lipinski definition) is 1. The zero-order chi connectivity index (χ0) is 9.36. The van der Waals surface area contributed by atoms with Gasteiger partial charge >= 0.3 is 0 Å². The van der Waals surface area contributed by atoms with Crippen molar-refractivity contribution >= 4 is 12.4 Å². The quantitative estimate of drug-likeness (QED) is 0.625. The molecule has 0 aliphatic heterocycles. The van der Waals surface area contributed by atoms with Crippen molar-refractivity contribution < 1.29 is 4.79 Å². The van der Waals surface area contributed by atoms with Crippen LogP contribution in [0.2, 0.25) is 0 Å². The van der Waals surface area contributed by atoms with Crippen LogP contribution in [0.25, 0.3) is 6.08 Å². The number of rotatable bonds is 5. The van der Waals surface area contributed by atoms with Crippen LogP contribution in [0.1, 0.15) is 24.8 Å². The third-order valence-corrected chi connectivity index (χ3v) is 1.76. The summed E-state index contributed by atoms with van der Waals surface area (Å²) in [5, 5.41) is 0. The fraction of sp³-hybridized carbons (Fsp3) is 0.250. The van der Waals surface area contributed by atoms with Crippen molar-refractivity contribution in [2.24, 2.45) is 0 Å². The Hall–Kier alpha value is -1.37. The number of benzene rings is 1. The maximum absolute atomic E-state index is 9.89. The minimum Gasteiger partial charge on any atom is -0.291 e. The van der Waals surface area contributed by atoms with Crippen LogP contribution < -0.4 is 0 Å². The number of carbonyl (C=O) groups excluding carboxylic acids is 1. The second-order valence-corrected chi connectivity index (χ2v) is 2.85. The number of allylic oxidation sites excluding steroid dienone is 1. The van der Waals surface area contributed by atoms with E-state index >= 15 is 0 Å². The van der Waals surface area contributed by atoms with Gasteiger partial charge in [-0.3, -0.25) is 4.79 Å². The Bertz CT molecular complexity index is 262. The molecule has 13 heavy (non-hydrogen) atoms. The molecule has 0 saturated carbocycles. The van der Waals surface area contributed by atoms with E-state index in [0.717, 1.165) is 12.8 Å². The van der Waals surface area contributed by atoms with Crippen LogP contribution >= 0.6 is 0 Å². The van der Waals surface area contributed by atoms with Gasteiger partial charge in [-0.2, -0.15) is 0 Å². The van der Waals surface area contributed by atoms with Gasteiger partial charge in [-0.25, -0.2) is 0 Å². The van der Waals surface area contributed by atoms with Gasteiger partial charge in [0.05, 0.1) is 0 Å². The second-order valence-electron chi connectivity index (χ2n) is 2.85. The Balaban J connectivity index is 2.28. The molecule has 67 valence electrons. The molecule has 1 aromatic rings. The summed E-state index contributed by atoms with van der Waals surface area (Å²) < 4.78 is 0. The molecule has 0 aliphatic carbocycles. The first kappa shape index (κ1) is 9.72. The van der Waals surface area contributed by atoms with E-state index in [-0.39, 0.29) is 0 Å². The van der Waals surface area contributed by atoms with Gasteiger partial charge in [-0.15, -0.1) is 0 Å². The molecule has 0 heterocycles. The summed E-state index contributed by atoms with van der Waals surface area (Å²) in [4.78, 5) is 9.89. The van der Waals surface area contributed by atoms with Crippen LogP contribution in [0.5, 0.6) is 0 Å². The molecule has 1 heteroatoms. The third kappa shape index (κ3) is 4.26. The molecule has 0 N–H and O–H groups in total. The van der Waals surface area contributed by atoms with Crippen LogP contribution in [0.3, 0.4) is 0 Å². The van der Waals surface area contributed by atoms with E-state index in [2.05, 4.69) is 24.3 Å². The van der Waals surface area contributed by atoms with E-state index in [1.807, 2.05) is 24.5 Å². The molecule has 1 rings (SSSR count). The number of hydrogen-bond donors (Lipinski definition) is 0. The summed E-state index contributed by atoms with van der Waals surface area (Å²) in [6.07, 6.45) is 8.43. The molecule has 0 saturated heterocycles. The highest BCUT2D eigenvalue weighted by molar-refractivity contribution is 5.51. The molecule has 1 aromatic carbocycles. The van der Waals surface area contributed by atoms with Gasteiger partial charge in [-0.1, -0.05) is 42.5 Å². The van der Waals surface area contributed by atoms with E-state index in [1.165, 1.54) is 5.56 Å². The third-order valence-electron chi connectivity index (χ3n) is 1.76. The van der Waals surface area contributed by atoms with Gasteiger partial charge in [0.2, 0.25) is 0 Å². The predicted octanol–water partition coefficient (Wildman–Crippen LogP) is 2.98. The van der Waals surface area contributed by atoms with E-state index in [9.17, 15) is 4.79 Å². The Morgan fingerprint density at radius 3 is 2.69 bits per heavy atom. The van der Waals surface area contributed by atoms with Crippen molar-refractivity contribution in [1.82, 2.24) is 0 Å². The number of unbranched alkanes of at least 4 members (excludes halogenated alkanes) is 2. The summed E-state index contributed by atoms with van der Waals surface area (Å²) >= 11 is 0. The zero-order valence-electron chi connectivity index (χ0n) is 7.57. The molecule has 0 spiro atoms. The first-order valence-electron chi connectivity index (χ1n) is 4.50. The van der Waals surface area contributed by atoms with Crippen molar-refractivity contribution in [3.05, 3.63) is 42.0 Å². The smallest absolute Gasteiger partial charge is 0.198 e. The maximum atomic E-state index is 9.89. The first-order valence-corrected chi connectivity index (χ1v) is 4.50. The van der Waals surface area contributed by atoms with E-state index in [0.29, 0.717) is 6.42 Å². The standard InChI is InChI=1S/C12H13O/c13-11-7-2-1-4-8-12-9-5-3-6-10-12/h3-6,8-10H,1-2,7H2/b8-4+. The molecule has 0 aliphatic rings. The van der Waals surface area contributed by atoms with Gasteiger partial charge in [-0.05, 0) is 18.4 Å². The van der Waals surface area contributed by atoms with Crippen molar-refractivity contribution in [2.75, 3.05) is 0 Å². The molecule has 0 atom stereocenters. The lowest BCUT2D eigenvalue weighted by Crippen LogP contribution is -1.74. The second kappa shape index (κ2) is 6.18. The minimum atomic E-state index is 0.541. The normalized spacial score (nSPS) is 10.5. The molecule has 0 aromatic heterocycles. The summed E-state index contributed by atoms with van der Waals surface area (Å²) in [5.41, 5.74) is 1.21. The largest absolute Gasteiger partial charge is 0.291 e. The minimum absolute atomic E-state index is 0.541. The Morgan fingerprint density at radius 1 is 1.23 bits per heavy atom. The lowest BCUT2D eigenvalue weighted by Gasteiger charge is -1.90. The lowest BCUT2D eigenvalue weighted by atomic mass is 10.2. The van der Waals surface area contributed by atoms with Gasteiger partial charge in [0.25, 0.3) is 0 Å². The van der Waals surface area contributed by atoms with Crippen LogP contribution in [0.4, 0.5) is 0 Å². The van der Waals surface area contributed by atoms with Crippen LogP contribution in [-0.2, 0) is 4.79 Å². The van der Waals surface area contributed by atoms with Crippen molar-refractivity contribution in [2.45, 2.75) is 19.3 Å². The zero-order valence-corrected chi connectivity index (χ0v) is 7.57. The summed E-state index contributed by atoms with van der Waals surface area (Å²) in [6.45, 7) is 0. The average molecular weight is 173 g/mol. The summed E-state index contributed by atoms with van der Waals surface area (Å²) in [6, 6.07) is 10.1. The van der Waals surface area contributed by atoms with Gasteiger partial charge in [0, 0.05) is 6.42 Å². The Kier molecular flexibility index (Phi) is 4.62. The molecule has 1 radical (unpaired) electrons. The summed E-state index contributed by atoms with van der Waals surface area (Å²) in [7, 11) is 0. The highest BCUT2D eigenvalue weighted by Crippen LogP contribution is 2.03. The van der Waals surface area contributed by atoms with Gasteiger partial charge in [0.15, 0.2) is 6.29 Å². The fourth-order valence-corrected chi connectivity index (χ4v) is 1.08. The Morgan fingerprint density at radius 2 is 2.00 bits per heavy atom. The molecular formula is C12H13O. The van der Waals surface area contributed by atoms with Gasteiger partial charge in [0.1, 0.15) is 0 Å². The first-order chi connectivity index (χ1) is 6.43. The van der Waals surface area contributed by atoms with Crippen LogP contribution in [0, 0.1) is 0 Å². The van der Waals surface area contributed by atoms with Crippen molar-refractivity contribution in [1.29, 1.82) is 0 Å².